The van der Waals surface area contributed by atoms with Crippen LogP contribution in [0.3, 0.4) is 0 Å². The standard InChI is InChI=1S/C16H24ClNO4S2/c1-16(2,12-15(19)20)23-11-5-3-4-10-18-24(21,22)14-8-6-13(17)7-9-14/h6-9,18H,3-5,10-12H2,1-2H3,(H,19,20). The van der Waals surface area contributed by atoms with E-state index >= 15 is 0 Å². The number of hydrogen-bond acceptors (Lipinski definition) is 4. The lowest BCUT2D eigenvalue weighted by molar-refractivity contribution is -0.137. The molecule has 0 aliphatic carbocycles. The van der Waals surface area contributed by atoms with Gasteiger partial charge >= 0.3 is 5.97 Å². The predicted octanol–water partition coefficient (Wildman–Crippen LogP) is 3.78. The van der Waals surface area contributed by atoms with Gasteiger partial charge in [-0.2, -0.15) is 11.8 Å². The minimum Gasteiger partial charge on any atom is -0.481 e. The summed E-state index contributed by atoms with van der Waals surface area (Å²) in [6.45, 7) is 4.23. The van der Waals surface area contributed by atoms with Gasteiger partial charge in [-0.1, -0.05) is 31.9 Å². The summed E-state index contributed by atoms with van der Waals surface area (Å²) < 4.78 is 26.4. The number of aliphatic carboxylic acids is 1. The van der Waals surface area contributed by atoms with Crippen LogP contribution in [0, 0.1) is 0 Å². The molecule has 1 aromatic carbocycles. The second-order valence-electron chi connectivity index (χ2n) is 6.09. The summed E-state index contributed by atoms with van der Waals surface area (Å²) >= 11 is 7.38. The minimum atomic E-state index is -3.49. The van der Waals surface area contributed by atoms with E-state index in [2.05, 4.69) is 4.72 Å². The van der Waals surface area contributed by atoms with Crippen LogP contribution in [0.4, 0.5) is 0 Å². The number of thioether (sulfide) groups is 1. The van der Waals surface area contributed by atoms with Gasteiger partial charge in [-0.3, -0.25) is 4.79 Å². The van der Waals surface area contributed by atoms with Crippen LogP contribution in [0.2, 0.25) is 5.02 Å². The van der Waals surface area contributed by atoms with E-state index in [4.69, 9.17) is 16.7 Å². The molecule has 2 N–H and O–H groups in total. The molecular weight excluding hydrogens is 370 g/mol. The molecule has 0 aliphatic rings. The van der Waals surface area contributed by atoms with E-state index in [1.165, 1.54) is 12.1 Å². The van der Waals surface area contributed by atoms with E-state index in [-0.39, 0.29) is 16.1 Å². The van der Waals surface area contributed by atoms with Gasteiger partial charge in [0.25, 0.3) is 0 Å². The number of sulfonamides is 1. The fourth-order valence-electron chi connectivity index (χ4n) is 2.07. The third kappa shape index (κ3) is 8.37. The number of hydrogen-bond donors (Lipinski definition) is 2. The van der Waals surface area contributed by atoms with Crippen molar-refractivity contribution in [3.8, 4) is 0 Å². The number of carboxylic acid groups (broad SMARTS) is 1. The molecule has 0 aliphatic heterocycles. The fraction of sp³-hybridized carbons (Fsp3) is 0.562. The molecule has 0 heterocycles. The first kappa shape index (κ1) is 21.3. The van der Waals surface area contributed by atoms with Gasteiger partial charge in [0.15, 0.2) is 0 Å². The molecule has 1 rings (SSSR count). The number of carboxylic acids is 1. The van der Waals surface area contributed by atoms with Gasteiger partial charge in [0.05, 0.1) is 11.3 Å². The molecule has 0 spiro atoms. The fourth-order valence-corrected chi connectivity index (χ4v) is 4.40. The van der Waals surface area contributed by atoms with Crippen molar-refractivity contribution in [1.82, 2.24) is 4.72 Å². The molecule has 1 aromatic rings. The molecule has 0 fully saturated rings. The molecule has 0 saturated carbocycles. The van der Waals surface area contributed by atoms with Crippen LogP contribution in [-0.2, 0) is 14.8 Å². The average Bonchev–Trinajstić information content (AvgIpc) is 2.45. The van der Waals surface area contributed by atoms with Gasteiger partial charge in [0.1, 0.15) is 0 Å². The van der Waals surface area contributed by atoms with Crippen LogP contribution in [0.15, 0.2) is 29.2 Å². The quantitative estimate of drug-likeness (QED) is 0.559. The van der Waals surface area contributed by atoms with E-state index in [9.17, 15) is 13.2 Å². The van der Waals surface area contributed by atoms with Crippen LogP contribution >= 0.6 is 23.4 Å². The lowest BCUT2D eigenvalue weighted by Crippen LogP contribution is -2.24. The van der Waals surface area contributed by atoms with E-state index in [0.29, 0.717) is 11.6 Å². The van der Waals surface area contributed by atoms with Crippen molar-refractivity contribution in [2.24, 2.45) is 0 Å². The Balaban J connectivity index is 2.22. The van der Waals surface area contributed by atoms with Gasteiger partial charge in [-0.15, -0.1) is 0 Å². The third-order valence-electron chi connectivity index (χ3n) is 3.31. The van der Waals surface area contributed by atoms with Crippen molar-refractivity contribution in [2.75, 3.05) is 12.3 Å². The summed E-state index contributed by atoms with van der Waals surface area (Å²) in [5.74, 6) is 0.0774. The normalized spacial score (nSPS) is 12.3. The predicted molar refractivity (Wildman–Crippen MR) is 99.3 cm³/mol. The van der Waals surface area contributed by atoms with Crippen molar-refractivity contribution >= 4 is 39.4 Å². The number of benzene rings is 1. The van der Waals surface area contributed by atoms with Gasteiger partial charge in [0.2, 0.25) is 10.0 Å². The average molecular weight is 394 g/mol. The molecule has 0 amide bonds. The molecule has 0 aromatic heterocycles. The van der Waals surface area contributed by atoms with E-state index in [1.54, 1.807) is 23.9 Å². The Morgan fingerprint density at radius 2 is 1.83 bits per heavy atom. The zero-order valence-corrected chi connectivity index (χ0v) is 16.3. The first-order valence-electron chi connectivity index (χ1n) is 7.73. The minimum absolute atomic E-state index is 0.137. The molecule has 136 valence electrons. The Bertz CT molecular complexity index is 630. The Kier molecular flexibility index (Phi) is 8.56. The Hall–Kier alpha value is -0.760. The number of halogens is 1. The molecule has 0 saturated heterocycles. The molecule has 8 heteroatoms. The van der Waals surface area contributed by atoms with Crippen molar-refractivity contribution in [3.63, 3.8) is 0 Å². The first-order chi connectivity index (χ1) is 11.1. The van der Waals surface area contributed by atoms with Crippen LogP contribution in [0.25, 0.3) is 0 Å². The molecule has 0 atom stereocenters. The summed E-state index contributed by atoms with van der Waals surface area (Å²) in [4.78, 5) is 10.9. The molecule has 0 bridgehead atoms. The maximum absolute atomic E-state index is 12.1. The third-order valence-corrected chi connectivity index (χ3v) is 6.45. The summed E-state index contributed by atoms with van der Waals surface area (Å²) in [5.41, 5.74) is 0. The van der Waals surface area contributed by atoms with Gasteiger partial charge in [-0.25, -0.2) is 13.1 Å². The molecule has 0 unspecified atom stereocenters. The topological polar surface area (TPSA) is 83.5 Å². The SMILES string of the molecule is CC(C)(CC(=O)O)SCCCCCNS(=O)(=O)c1ccc(Cl)cc1. The Morgan fingerprint density at radius 1 is 1.21 bits per heavy atom. The molecule has 24 heavy (non-hydrogen) atoms. The molecule has 5 nitrogen and oxygen atoms in total. The van der Waals surface area contributed by atoms with Crippen LogP contribution in [-0.4, -0.2) is 36.5 Å². The lowest BCUT2D eigenvalue weighted by Gasteiger charge is -2.21. The zero-order valence-electron chi connectivity index (χ0n) is 13.9. The maximum atomic E-state index is 12.1. The highest BCUT2D eigenvalue weighted by atomic mass is 35.5. The summed E-state index contributed by atoms with van der Waals surface area (Å²) in [5, 5.41) is 9.32. The second kappa shape index (κ2) is 9.65. The Morgan fingerprint density at radius 3 is 2.42 bits per heavy atom. The van der Waals surface area contributed by atoms with Crippen LogP contribution in [0.5, 0.6) is 0 Å². The summed E-state index contributed by atoms with van der Waals surface area (Å²) in [6, 6.07) is 6.05. The number of nitrogens with one attached hydrogen (secondary N) is 1. The van der Waals surface area contributed by atoms with Crippen molar-refractivity contribution in [1.29, 1.82) is 0 Å². The number of rotatable bonds is 11. The van der Waals surface area contributed by atoms with Crippen molar-refractivity contribution in [3.05, 3.63) is 29.3 Å². The van der Waals surface area contributed by atoms with Crippen molar-refractivity contribution < 1.29 is 18.3 Å². The van der Waals surface area contributed by atoms with Crippen LogP contribution < -0.4 is 4.72 Å². The summed E-state index contributed by atoms with van der Waals surface area (Å²) in [7, 11) is -3.49. The van der Waals surface area contributed by atoms with E-state index in [1.807, 2.05) is 13.8 Å². The zero-order chi connectivity index (χ0) is 18.2. The smallest absolute Gasteiger partial charge is 0.304 e. The first-order valence-corrected chi connectivity index (χ1v) is 10.6. The monoisotopic (exact) mass is 393 g/mol. The maximum Gasteiger partial charge on any atom is 0.304 e. The summed E-state index contributed by atoms with van der Waals surface area (Å²) in [6.07, 6.45) is 2.70. The highest BCUT2D eigenvalue weighted by Crippen LogP contribution is 2.28. The molecular formula is C16H24ClNO4S2. The second-order valence-corrected chi connectivity index (χ2v) is 10.1. The van der Waals surface area contributed by atoms with Gasteiger partial charge in [-0.05, 0) is 42.9 Å². The number of unbranched alkanes of at least 4 members (excludes halogenated alkanes) is 2. The highest BCUT2D eigenvalue weighted by molar-refractivity contribution is 8.00. The lowest BCUT2D eigenvalue weighted by atomic mass is 10.1. The van der Waals surface area contributed by atoms with E-state index in [0.717, 1.165) is 25.0 Å². The molecule has 0 radical (unpaired) electrons. The van der Waals surface area contributed by atoms with Gasteiger partial charge < -0.3 is 5.11 Å². The number of carbonyl (C=O) groups is 1. The highest BCUT2D eigenvalue weighted by Gasteiger charge is 2.21. The largest absolute Gasteiger partial charge is 0.481 e. The Labute approximate surface area is 153 Å². The van der Waals surface area contributed by atoms with Crippen molar-refractivity contribution in [2.45, 2.75) is 49.2 Å². The van der Waals surface area contributed by atoms with Crippen LogP contribution in [0.1, 0.15) is 39.5 Å². The van der Waals surface area contributed by atoms with Gasteiger partial charge in [0, 0.05) is 16.3 Å². The van der Waals surface area contributed by atoms with E-state index < -0.39 is 16.0 Å².